The van der Waals surface area contributed by atoms with Gasteiger partial charge in [-0.15, -0.1) is 10.2 Å². The number of hydrogen-bond acceptors (Lipinski definition) is 7. The lowest BCUT2D eigenvalue weighted by Crippen LogP contribution is -2.41. The summed E-state index contributed by atoms with van der Waals surface area (Å²) in [6.07, 6.45) is 1.64. The van der Waals surface area contributed by atoms with Gasteiger partial charge in [-0.1, -0.05) is 11.3 Å². The van der Waals surface area contributed by atoms with E-state index in [4.69, 9.17) is 9.47 Å². The lowest BCUT2D eigenvalue weighted by Gasteiger charge is -2.31. The van der Waals surface area contributed by atoms with Gasteiger partial charge in [0.2, 0.25) is 5.01 Å². The van der Waals surface area contributed by atoms with Crippen molar-refractivity contribution in [2.24, 2.45) is 0 Å². The maximum Gasteiger partial charge on any atom is 0.321 e. The first-order valence-corrected chi connectivity index (χ1v) is 11.5. The molecule has 3 amide bonds. The van der Waals surface area contributed by atoms with Crippen LogP contribution in [0.2, 0.25) is 0 Å². The van der Waals surface area contributed by atoms with Gasteiger partial charge in [-0.05, 0) is 49.2 Å². The SMILES string of the molecule is COc1ccc(NC(=O)N2CCC[C@@H](c3nnc(C(=O)Nc4ccc(F)cc4)s3)C2)c(OC)c1. The van der Waals surface area contributed by atoms with E-state index in [0.29, 0.717) is 41.0 Å². The molecule has 0 radical (unpaired) electrons. The Morgan fingerprint density at radius 1 is 1.09 bits per heavy atom. The maximum absolute atomic E-state index is 13.1. The molecule has 1 aliphatic rings. The van der Waals surface area contributed by atoms with E-state index in [1.54, 1.807) is 30.2 Å². The molecule has 1 atom stereocenters. The Morgan fingerprint density at radius 3 is 2.62 bits per heavy atom. The van der Waals surface area contributed by atoms with Crippen molar-refractivity contribution in [2.45, 2.75) is 18.8 Å². The summed E-state index contributed by atoms with van der Waals surface area (Å²) in [4.78, 5) is 27.1. The van der Waals surface area contributed by atoms with Gasteiger partial charge in [0.15, 0.2) is 0 Å². The molecule has 178 valence electrons. The van der Waals surface area contributed by atoms with E-state index < -0.39 is 5.91 Å². The first kappa shape index (κ1) is 23.4. The molecule has 1 saturated heterocycles. The average Bonchev–Trinajstić information content (AvgIpc) is 3.36. The van der Waals surface area contributed by atoms with Crippen LogP contribution in [0.4, 0.5) is 20.6 Å². The molecule has 3 aromatic rings. The number of ether oxygens (including phenoxy) is 2. The fourth-order valence-electron chi connectivity index (χ4n) is 3.67. The van der Waals surface area contributed by atoms with Crippen LogP contribution in [0.25, 0.3) is 0 Å². The standard InChI is InChI=1S/C23H24FN5O4S/c1-32-17-9-10-18(19(12-17)33-2)26-23(31)29-11-3-4-14(13-29)21-27-28-22(34-21)20(30)25-16-7-5-15(24)6-8-16/h5-10,12,14H,3-4,11,13H2,1-2H3,(H,25,30)(H,26,31)/t14-/m1/s1. The molecule has 9 nitrogen and oxygen atoms in total. The Kier molecular flexibility index (Phi) is 7.21. The van der Waals surface area contributed by atoms with E-state index in [1.165, 1.54) is 42.7 Å². The Balaban J connectivity index is 1.39. The Hall–Kier alpha value is -3.73. The number of likely N-dealkylation sites (tertiary alicyclic amines) is 1. The molecule has 11 heteroatoms. The highest BCUT2D eigenvalue weighted by molar-refractivity contribution is 7.13. The van der Waals surface area contributed by atoms with Crippen molar-refractivity contribution in [3.05, 3.63) is 58.3 Å². The summed E-state index contributed by atoms with van der Waals surface area (Å²) in [6, 6.07) is 10.4. The Bertz CT molecular complexity index is 1170. The summed E-state index contributed by atoms with van der Waals surface area (Å²) in [5.74, 6) is 0.313. The Morgan fingerprint density at radius 2 is 1.88 bits per heavy atom. The lowest BCUT2D eigenvalue weighted by atomic mass is 9.99. The van der Waals surface area contributed by atoms with Gasteiger partial charge >= 0.3 is 6.03 Å². The molecule has 0 saturated carbocycles. The molecular weight excluding hydrogens is 461 g/mol. The molecule has 2 aromatic carbocycles. The van der Waals surface area contributed by atoms with Gasteiger partial charge in [0.1, 0.15) is 22.3 Å². The number of halogens is 1. The van der Waals surface area contributed by atoms with Gasteiger partial charge in [0.05, 0.1) is 19.9 Å². The second-order valence-corrected chi connectivity index (χ2v) is 8.70. The predicted octanol–water partition coefficient (Wildman–Crippen LogP) is 4.36. The van der Waals surface area contributed by atoms with Crippen LogP contribution in [0.1, 0.15) is 33.6 Å². The van der Waals surface area contributed by atoms with Crippen LogP contribution in [0.3, 0.4) is 0 Å². The number of carbonyl (C=O) groups excluding carboxylic acids is 2. The fourth-order valence-corrected chi connectivity index (χ4v) is 4.53. The zero-order chi connectivity index (χ0) is 24.1. The van der Waals surface area contributed by atoms with Gasteiger partial charge in [-0.3, -0.25) is 4.79 Å². The number of urea groups is 1. The Labute approximate surface area is 199 Å². The first-order valence-electron chi connectivity index (χ1n) is 10.6. The maximum atomic E-state index is 13.1. The number of anilines is 2. The van der Waals surface area contributed by atoms with Crippen molar-refractivity contribution in [2.75, 3.05) is 37.9 Å². The molecule has 0 spiro atoms. The van der Waals surface area contributed by atoms with Crippen molar-refractivity contribution < 1.29 is 23.5 Å². The smallest absolute Gasteiger partial charge is 0.321 e. The topological polar surface area (TPSA) is 106 Å². The molecule has 0 unspecified atom stereocenters. The highest BCUT2D eigenvalue weighted by Gasteiger charge is 2.28. The molecule has 2 N–H and O–H groups in total. The number of piperidine rings is 1. The number of rotatable bonds is 6. The van der Waals surface area contributed by atoms with E-state index in [9.17, 15) is 14.0 Å². The van der Waals surface area contributed by atoms with Crippen molar-refractivity contribution in [1.29, 1.82) is 0 Å². The van der Waals surface area contributed by atoms with Crippen LogP contribution in [-0.4, -0.2) is 54.3 Å². The number of hydrogen-bond donors (Lipinski definition) is 2. The van der Waals surface area contributed by atoms with Crippen LogP contribution in [-0.2, 0) is 0 Å². The number of nitrogens with one attached hydrogen (secondary N) is 2. The molecule has 1 aromatic heterocycles. The highest BCUT2D eigenvalue weighted by atomic mass is 32.1. The number of aromatic nitrogens is 2. The first-order chi connectivity index (χ1) is 16.5. The average molecular weight is 486 g/mol. The number of benzene rings is 2. The van der Waals surface area contributed by atoms with E-state index in [2.05, 4.69) is 20.8 Å². The van der Waals surface area contributed by atoms with Gasteiger partial charge in [-0.25, -0.2) is 9.18 Å². The third-order valence-corrected chi connectivity index (χ3v) is 6.53. The number of nitrogens with zero attached hydrogens (tertiary/aromatic N) is 3. The third-order valence-electron chi connectivity index (χ3n) is 5.45. The molecule has 2 heterocycles. The van der Waals surface area contributed by atoms with Crippen molar-refractivity contribution in [3.8, 4) is 11.5 Å². The van der Waals surface area contributed by atoms with E-state index in [-0.39, 0.29) is 22.8 Å². The number of amides is 3. The van der Waals surface area contributed by atoms with Crippen LogP contribution < -0.4 is 20.1 Å². The van der Waals surface area contributed by atoms with E-state index in [0.717, 1.165) is 12.8 Å². The van der Waals surface area contributed by atoms with Gasteiger partial charge in [-0.2, -0.15) is 0 Å². The summed E-state index contributed by atoms with van der Waals surface area (Å²) in [5.41, 5.74) is 1.02. The quantitative estimate of drug-likeness (QED) is 0.538. The molecular formula is C23H24FN5O4S. The highest BCUT2D eigenvalue weighted by Crippen LogP contribution is 2.32. The predicted molar refractivity (Wildman–Crippen MR) is 126 cm³/mol. The van der Waals surface area contributed by atoms with Crippen molar-refractivity contribution >= 4 is 34.6 Å². The molecule has 0 bridgehead atoms. The summed E-state index contributed by atoms with van der Waals surface area (Å²) in [7, 11) is 3.09. The van der Waals surface area contributed by atoms with Crippen LogP contribution in [0, 0.1) is 5.82 Å². The van der Waals surface area contributed by atoms with Gasteiger partial charge in [0, 0.05) is 30.8 Å². The molecule has 0 aliphatic carbocycles. The molecule has 4 rings (SSSR count). The van der Waals surface area contributed by atoms with Crippen molar-refractivity contribution in [1.82, 2.24) is 15.1 Å². The minimum absolute atomic E-state index is 0.0258. The van der Waals surface area contributed by atoms with E-state index in [1.807, 2.05) is 0 Å². The summed E-state index contributed by atoms with van der Waals surface area (Å²) in [6.45, 7) is 1.07. The zero-order valence-electron chi connectivity index (χ0n) is 18.7. The summed E-state index contributed by atoms with van der Waals surface area (Å²) in [5, 5.41) is 14.7. The largest absolute Gasteiger partial charge is 0.497 e. The monoisotopic (exact) mass is 485 g/mol. The van der Waals surface area contributed by atoms with E-state index >= 15 is 0 Å². The van der Waals surface area contributed by atoms with Gasteiger partial charge < -0.3 is 25.0 Å². The zero-order valence-corrected chi connectivity index (χ0v) is 19.5. The number of methoxy groups -OCH3 is 2. The second-order valence-electron chi connectivity index (χ2n) is 7.69. The molecule has 34 heavy (non-hydrogen) atoms. The van der Waals surface area contributed by atoms with Crippen LogP contribution in [0.15, 0.2) is 42.5 Å². The fraction of sp³-hybridized carbons (Fsp3) is 0.304. The minimum atomic E-state index is -0.410. The minimum Gasteiger partial charge on any atom is -0.497 e. The number of carbonyl (C=O) groups is 2. The lowest BCUT2D eigenvalue weighted by molar-refractivity contribution is 0.102. The van der Waals surface area contributed by atoms with Gasteiger partial charge in [0.25, 0.3) is 5.91 Å². The molecule has 1 fully saturated rings. The molecule has 1 aliphatic heterocycles. The van der Waals surface area contributed by atoms with Crippen LogP contribution in [0.5, 0.6) is 11.5 Å². The second kappa shape index (κ2) is 10.5. The normalized spacial score (nSPS) is 15.5. The summed E-state index contributed by atoms with van der Waals surface area (Å²) >= 11 is 1.20. The van der Waals surface area contributed by atoms with Crippen LogP contribution >= 0.6 is 11.3 Å². The summed E-state index contributed by atoms with van der Waals surface area (Å²) < 4.78 is 23.6. The van der Waals surface area contributed by atoms with Crippen molar-refractivity contribution in [3.63, 3.8) is 0 Å². The third kappa shape index (κ3) is 5.42.